The van der Waals surface area contributed by atoms with Gasteiger partial charge >= 0.3 is 5.97 Å². The Balaban J connectivity index is 1.75. The number of nitrogens with one attached hydrogen (secondary N) is 1. The first kappa shape index (κ1) is 12.6. The molecule has 0 aliphatic heterocycles. The third-order valence-electron chi connectivity index (χ3n) is 3.39. The van der Waals surface area contributed by atoms with Crippen LogP contribution in [0.3, 0.4) is 0 Å². The highest BCUT2D eigenvalue weighted by molar-refractivity contribution is 5.87. The number of carboxylic acids is 1. The molecule has 1 fully saturated rings. The van der Waals surface area contributed by atoms with E-state index in [2.05, 4.69) is 5.32 Å². The van der Waals surface area contributed by atoms with Gasteiger partial charge in [0, 0.05) is 12.5 Å². The highest BCUT2D eigenvalue weighted by Gasteiger charge is 2.24. The van der Waals surface area contributed by atoms with E-state index in [0.29, 0.717) is 6.54 Å². The molecule has 0 heterocycles. The van der Waals surface area contributed by atoms with Crippen LogP contribution in [0.2, 0.25) is 0 Å². The predicted octanol–water partition coefficient (Wildman–Crippen LogP) is 1.84. The van der Waals surface area contributed by atoms with Gasteiger partial charge in [0.25, 0.3) is 0 Å². The Labute approximate surface area is 106 Å². The minimum Gasteiger partial charge on any atom is -0.478 e. The van der Waals surface area contributed by atoms with Gasteiger partial charge in [-0.2, -0.15) is 0 Å². The Bertz CT molecular complexity index is 435. The van der Waals surface area contributed by atoms with Crippen molar-refractivity contribution >= 4 is 11.9 Å². The minimum atomic E-state index is -0.917. The predicted molar refractivity (Wildman–Crippen MR) is 67.5 cm³/mol. The first-order valence-corrected chi connectivity index (χ1v) is 6.27. The summed E-state index contributed by atoms with van der Waals surface area (Å²) in [6, 6.07) is 6.76. The second kappa shape index (κ2) is 5.67. The van der Waals surface area contributed by atoms with E-state index in [1.165, 1.54) is 0 Å². The summed E-state index contributed by atoms with van der Waals surface area (Å²) in [6.45, 7) is 0.613. The maximum atomic E-state index is 11.6. The summed E-state index contributed by atoms with van der Waals surface area (Å²) >= 11 is 0. The van der Waals surface area contributed by atoms with Gasteiger partial charge in [0.05, 0.1) is 5.56 Å². The van der Waals surface area contributed by atoms with E-state index in [0.717, 1.165) is 31.2 Å². The molecule has 0 atom stereocenters. The number of aromatic carboxylic acids is 1. The molecule has 0 bridgehead atoms. The van der Waals surface area contributed by atoms with E-state index in [9.17, 15) is 9.59 Å². The first-order chi connectivity index (χ1) is 8.66. The Morgan fingerprint density at radius 3 is 2.39 bits per heavy atom. The number of benzene rings is 1. The Morgan fingerprint density at radius 2 is 1.89 bits per heavy atom. The molecule has 1 amide bonds. The molecule has 1 aromatic rings. The molecule has 96 valence electrons. The zero-order chi connectivity index (χ0) is 13.0. The van der Waals surface area contributed by atoms with Crippen molar-refractivity contribution in [2.75, 3.05) is 6.54 Å². The summed E-state index contributed by atoms with van der Waals surface area (Å²) < 4.78 is 0. The third kappa shape index (κ3) is 3.09. The quantitative estimate of drug-likeness (QED) is 0.834. The van der Waals surface area contributed by atoms with Crippen molar-refractivity contribution in [2.24, 2.45) is 5.92 Å². The fraction of sp³-hybridized carbons (Fsp3) is 0.429. The van der Waals surface area contributed by atoms with Crippen molar-refractivity contribution in [3.63, 3.8) is 0 Å². The average molecular weight is 247 g/mol. The number of hydrogen-bond acceptors (Lipinski definition) is 2. The number of carbonyl (C=O) groups is 2. The van der Waals surface area contributed by atoms with Crippen molar-refractivity contribution in [2.45, 2.75) is 25.7 Å². The van der Waals surface area contributed by atoms with E-state index >= 15 is 0 Å². The highest BCUT2D eigenvalue weighted by Crippen LogP contribution is 2.26. The SMILES string of the molecule is O=C(O)c1ccc(CCNC(=O)C2CCC2)cc1. The van der Waals surface area contributed by atoms with Crippen LogP contribution in [0.5, 0.6) is 0 Å². The lowest BCUT2D eigenvalue weighted by Gasteiger charge is -2.24. The molecule has 4 nitrogen and oxygen atoms in total. The van der Waals surface area contributed by atoms with E-state index < -0.39 is 5.97 Å². The molecule has 0 radical (unpaired) electrons. The molecule has 0 saturated heterocycles. The number of carboxylic acid groups (broad SMARTS) is 1. The van der Waals surface area contributed by atoms with Crippen molar-refractivity contribution in [1.29, 1.82) is 0 Å². The van der Waals surface area contributed by atoms with E-state index in [-0.39, 0.29) is 17.4 Å². The summed E-state index contributed by atoms with van der Waals surface area (Å²) in [5, 5.41) is 11.7. The molecule has 1 aliphatic carbocycles. The average Bonchev–Trinajstić information content (AvgIpc) is 2.27. The normalized spacial score (nSPS) is 14.9. The summed E-state index contributed by atoms with van der Waals surface area (Å²) in [5.74, 6) is -0.539. The van der Waals surface area contributed by atoms with Gasteiger partial charge in [-0.1, -0.05) is 18.6 Å². The first-order valence-electron chi connectivity index (χ1n) is 6.27. The van der Waals surface area contributed by atoms with Gasteiger partial charge in [0.1, 0.15) is 0 Å². The van der Waals surface area contributed by atoms with Crippen molar-refractivity contribution < 1.29 is 14.7 Å². The zero-order valence-corrected chi connectivity index (χ0v) is 10.2. The van der Waals surface area contributed by atoms with Gasteiger partial charge in [-0.25, -0.2) is 4.79 Å². The lowest BCUT2D eigenvalue weighted by Crippen LogP contribution is -2.35. The third-order valence-corrected chi connectivity index (χ3v) is 3.39. The molecular formula is C14H17NO3. The van der Waals surface area contributed by atoms with Crippen LogP contribution in [0.4, 0.5) is 0 Å². The summed E-state index contributed by atoms with van der Waals surface area (Å²) in [5.41, 5.74) is 1.33. The number of rotatable bonds is 5. The Morgan fingerprint density at radius 1 is 1.22 bits per heavy atom. The number of carbonyl (C=O) groups excluding carboxylic acids is 1. The lowest BCUT2D eigenvalue weighted by atomic mass is 9.85. The molecule has 1 aromatic carbocycles. The smallest absolute Gasteiger partial charge is 0.335 e. The highest BCUT2D eigenvalue weighted by atomic mass is 16.4. The van der Waals surface area contributed by atoms with Crippen LogP contribution in [-0.2, 0) is 11.2 Å². The van der Waals surface area contributed by atoms with Crippen LogP contribution in [0.15, 0.2) is 24.3 Å². The van der Waals surface area contributed by atoms with Crippen LogP contribution in [-0.4, -0.2) is 23.5 Å². The fourth-order valence-electron chi connectivity index (χ4n) is 1.96. The lowest BCUT2D eigenvalue weighted by molar-refractivity contribution is -0.127. The summed E-state index contributed by atoms with van der Waals surface area (Å²) in [6.07, 6.45) is 3.92. The number of hydrogen-bond donors (Lipinski definition) is 2. The molecule has 4 heteroatoms. The van der Waals surface area contributed by atoms with Gasteiger partial charge < -0.3 is 10.4 Å². The van der Waals surface area contributed by atoms with Gasteiger partial charge in [0.15, 0.2) is 0 Å². The molecule has 1 saturated carbocycles. The minimum absolute atomic E-state index is 0.156. The van der Waals surface area contributed by atoms with Crippen LogP contribution >= 0.6 is 0 Å². The largest absolute Gasteiger partial charge is 0.478 e. The van der Waals surface area contributed by atoms with Crippen molar-refractivity contribution in [3.05, 3.63) is 35.4 Å². The molecular weight excluding hydrogens is 230 g/mol. The van der Waals surface area contributed by atoms with E-state index in [4.69, 9.17) is 5.11 Å². The molecule has 18 heavy (non-hydrogen) atoms. The number of amides is 1. The van der Waals surface area contributed by atoms with Crippen LogP contribution in [0, 0.1) is 5.92 Å². The molecule has 0 aromatic heterocycles. The molecule has 1 aliphatic rings. The second-order valence-electron chi connectivity index (χ2n) is 4.67. The summed E-state index contributed by atoms with van der Waals surface area (Å²) in [7, 11) is 0. The standard InChI is InChI=1S/C14H17NO3/c16-13(11-2-1-3-11)15-9-8-10-4-6-12(7-5-10)14(17)18/h4-7,11H,1-3,8-9H2,(H,15,16)(H,17,18). The van der Waals surface area contributed by atoms with Gasteiger partial charge in [-0.3, -0.25) is 4.79 Å². The van der Waals surface area contributed by atoms with Crippen LogP contribution in [0.25, 0.3) is 0 Å². The maximum Gasteiger partial charge on any atom is 0.335 e. The maximum absolute atomic E-state index is 11.6. The van der Waals surface area contributed by atoms with E-state index in [1.807, 2.05) is 0 Å². The zero-order valence-electron chi connectivity index (χ0n) is 10.2. The molecule has 0 spiro atoms. The van der Waals surface area contributed by atoms with Gasteiger partial charge in [-0.05, 0) is 37.0 Å². The Kier molecular flexibility index (Phi) is 3.97. The molecule has 2 N–H and O–H groups in total. The fourth-order valence-corrected chi connectivity index (χ4v) is 1.96. The van der Waals surface area contributed by atoms with Crippen LogP contribution < -0.4 is 5.32 Å². The molecule has 0 unspecified atom stereocenters. The van der Waals surface area contributed by atoms with E-state index in [1.54, 1.807) is 24.3 Å². The van der Waals surface area contributed by atoms with Crippen molar-refractivity contribution in [1.82, 2.24) is 5.32 Å². The van der Waals surface area contributed by atoms with Gasteiger partial charge in [0.2, 0.25) is 5.91 Å². The topological polar surface area (TPSA) is 66.4 Å². The summed E-state index contributed by atoms with van der Waals surface area (Å²) in [4.78, 5) is 22.2. The second-order valence-corrected chi connectivity index (χ2v) is 4.67. The monoisotopic (exact) mass is 247 g/mol. The molecule has 2 rings (SSSR count). The van der Waals surface area contributed by atoms with Gasteiger partial charge in [-0.15, -0.1) is 0 Å². The van der Waals surface area contributed by atoms with Crippen molar-refractivity contribution in [3.8, 4) is 0 Å². The van der Waals surface area contributed by atoms with Crippen LogP contribution in [0.1, 0.15) is 35.2 Å². The Hall–Kier alpha value is -1.84.